The third kappa shape index (κ3) is 4.78. The minimum Gasteiger partial charge on any atom is -0.477 e. The Bertz CT molecular complexity index is 1700. The van der Waals surface area contributed by atoms with Crippen molar-refractivity contribution >= 4 is 34.3 Å². The smallest absolute Gasteiger partial charge is 0.341 e. The molecule has 6 rings (SSSR count). The van der Waals surface area contributed by atoms with E-state index in [9.17, 15) is 19.5 Å². The summed E-state index contributed by atoms with van der Waals surface area (Å²) in [5, 5.41) is 10.0. The minimum absolute atomic E-state index is 0.0604. The number of aromatic nitrogens is 3. The van der Waals surface area contributed by atoms with E-state index in [1.807, 2.05) is 18.2 Å². The molecule has 3 aromatic heterocycles. The second-order valence-corrected chi connectivity index (χ2v) is 10.7. The summed E-state index contributed by atoms with van der Waals surface area (Å²) in [5.74, 6) is -0.0655. The molecule has 41 heavy (non-hydrogen) atoms. The number of rotatable bonds is 8. The summed E-state index contributed by atoms with van der Waals surface area (Å²) in [6.07, 6.45) is 4.97. The van der Waals surface area contributed by atoms with Crippen LogP contribution in [0.4, 0.5) is 11.5 Å². The average molecular weight is 555 g/mol. The Morgan fingerprint density at radius 2 is 1.93 bits per heavy atom. The lowest BCUT2D eigenvalue weighted by Crippen LogP contribution is -2.57. The molecule has 2 fully saturated rings. The number of likely N-dealkylation sites (N-methyl/N-ethyl adjacent to an activating group) is 1. The molecule has 0 saturated carbocycles. The highest BCUT2D eigenvalue weighted by Gasteiger charge is 2.39. The van der Waals surface area contributed by atoms with Gasteiger partial charge in [0.1, 0.15) is 18.0 Å². The first-order valence-corrected chi connectivity index (χ1v) is 13.4. The summed E-state index contributed by atoms with van der Waals surface area (Å²) >= 11 is 0. The lowest BCUT2D eigenvalue weighted by Gasteiger charge is -2.43. The average Bonchev–Trinajstić information content (AvgIpc) is 2.92. The predicted molar refractivity (Wildman–Crippen MR) is 154 cm³/mol. The molecule has 0 radical (unpaired) electrons. The second kappa shape index (κ2) is 10.3. The molecule has 11 nitrogen and oxygen atoms in total. The maximum atomic E-state index is 13.2. The van der Waals surface area contributed by atoms with Gasteiger partial charge in [-0.25, -0.2) is 14.8 Å². The third-order valence-corrected chi connectivity index (χ3v) is 7.84. The van der Waals surface area contributed by atoms with Crippen LogP contribution in [-0.4, -0.2) is 82.3 Å². The Kier molecular flexibility index (Phi) is 6.66. The fraction of sp³-hybridized carbons (Fsp3) is 0.300. The molecule has 2 aliphatic heterocycles. The lowest BCUT2D eigenvalue weighted by molar-refractivity contribution is -0.124. The highest BCUT2D eigenvalue weighted by Crippen LogP contribution is 2.34. The Morgan fingerprint density at radius 1 is 1.12 bits per heavy atom. The molecule has 210 valence electrons. The molecule has 0 aliphatic carbocycles. The Balaban J connectivity index is 1.37. The largest absolute Gasteiger partial charge is 0.477 e. The number of aromatic carboxylic acids is 1. The first-order valence-electron chi connectivity index (χ1n) is 13.4. The number of carboxylic acid groups (broad SMARTS) is 1. The highest BCUT2D eigenvalue weighted by molar-refractivity contribution is 6.03. The van der Waals surface area contributed by atoms with Crippen LogP contribution in [0, 0.1) is 6.92 Å². The van der Waals surface area contributed by atoms with Gasteiger partial charge in [0.25, 0.3) is 0 Å². The lowest BCUT2D eigenvalue weighted by atomic mass is 9.98. The number of ether oxygens (including phenoxy) is 1. The van der Waals surface area contributed by atoms with Crippen LogP contribution >= 0.6 is 0 Å². The molecular formula is C30H30N6O5. The number of hydrogen-bond donors (Lipinski definition) is 1. The number of anilines is 2. The highest BCUT2D eigenvalue weighted by atomic mass is 16.5. The molecule has 0 spiro atoms. The molecule has 4 aromatic rings. The molecular weight excluding hydrogens is 524 g/mol. The van der Waals surface area contributed by atoms with Crippen molar-refractivity contribution in [3.8, 4) is 11.6 Å². The van der Waals surface area contributed by atoms with Gasteiger partial charge in [0, 0.05) is 48.7 Å². The number of aryl methyl sites for hydroxylation is 1. The van der Waals surface area contributed by atoms with E-state index in [0.29, 0.717) is 40.8 Å². The number of benzene rings is 1. The first-order chi connectivity index (χ1) is 19.7. The fourth-order valence-corrected chi connectivity index (χ4v) is 5.33. The van der Waals surface area contributed by atoms with Crippen LogP contribution in [0.1, 0.15) is 22.3 Å². The zero-order valence-electron chi connectivity index (χ0n) is 23.0. The van der Waals surface area contributed by atoms with Gasteiger partial charge in [-0.15, -0.1) is 0 Å². The molecule has 11 heteroatoms. The van der Waals surface area contributed by atoms with Gasteiger partial charge in [0.2, 0.25) is 17.2 Å². The van der Waals surface area contributed by atoms with Gasteiger partial charge in [0.15, 0.2) is 0 Å². The van der Waals surface area contributed by atoms with Crippen LogP contribution in [0.3, 0.4) is 0 Å². The molecule has 2 saturated heterocycles. The SMILES string of the molecule is Cc1cc2c(=O)c(C(=O)O)cn(-c3ccc(N4CC(N(C)C)C4)nc3)c2cc1N1C(=O)CC1COc1ccccn1. The zero-order valence-corrected chi connectivity index (χ0v) is 23.0. The molecule has 1 unspecified atom stereocenters. The van der Waals surface area contributed by atoms with E-state index in [1.165, 1.54) is 6.20 Å². The molecule has 1 atom stereocenters. The van der Waals surface area contributed by atoms with Gasteiger partial charge in [0.05, 0.1) is 29.9 Å². The van der Waals surface area contributed by atoms with Crippen LogP contribution in [0.2, 0.25) is 0 Å². The number of fused-ring (bicyclic) bond motifs is 1. The van der Waals surface area contributed by atoms with Crippen LogP contribution < -0.4 is 20.0 Å². The Hall–Kier alpha value is -4.77. The van der Waals surface area contributed by atoms with Crippen LogP contribution in [-0.2, 0) is 4.79 Å². The van der Waals surface area contributed by atoms with Crippen molar-refractivity contribution < 1.29 is 19.4 Å². The van der Waals surface area contributed by atoms with E-state index in [-0.39, 0.29) is 29.5 Å². The van der Waals surface area contributed by atoms with Crippen molar-refractivity contribution in [3.63, 3.8) is 0 Å². The van der Waals surface area contributed by atoms with Crippen molar-refractivity contribution in [3.05, 3.63) is 82.4 Å². The number of pyridine rings is 3. The quantitative estimate of drug-likeness (QED) is 0.328. The maximum absolute atomic E-state index is 13.2. The van der Waals surface area contributed by atoms with Crippen LogP contribution in [0.5, 0.6) is 5.88 Å². The van der Waals surface area contributed by atoms with Crippen molar-refractivity contribution in [1.82, 2.24) is 19.4 Å². The van der Waals surface area contributed by atoms with Gasteiger partial charge in [-0.05, 0) is 56.9 Å². The van der Waals surface area contributed by atoms with Crippen molar-refractivity contribution in [2.45, 2.75) is 25.4 Å². The number of β-lactam (4-membered cyclic amide) rings is 1. The zero-order chi connectivity index (χ0) is 28.8. The molecule has 5 heterocycles. The van der Waals surface area contributed by atoms with Crippen LogP contribution in [0.25, 0.3) is 16.6 Å². The van der Waals surface area contributed by atoms with E-state index < -0.39 is 11.4 Å². The minimum atomic E-state index is -1.31. The Morgan fingerprint density at radius 3 is 2.56 bits per heavy atom. The summed E-state index contributed by atoms with van der Waals surface area (Å²) in [7, 11) is 4.11. The van der Waals surface area contributed by atoms with E-state index in [2.05, 4.69) is 33.9 Å². The number of hydrogen-bond acceptors (Lipinski definition) is 8. The van der Waals surface area contributed by atoms with E-state index >= 15 is 0 Å². The monoisotopic (exact) mass is 554 g/mol. The number of carbonyl (C=O) groups is 2. The number of carbonyl (C=O) groups excluding carboxylic acids is 1. The van der Waals surface area contributed by atoms with Crippen molar-refractivity contribution in [2.24, 2.45) is 0 Å². The predicted octanol–water partition coefficient (Wildman–Crippen LogP) is 2.72. The van der Waals surface area contributed by atoms with Gasteiger partial charge < -0.3 is 29.1 Å². The van der Waals surface area contributed by atoms with Gasteiger partial charge >= 0.3 is 5.97 Å². The standard InChI is InChI=1S/C30H30N6O5/c1-18-10-22-25(12-24(18)36-20(11-28(36)37)17-41-27-6-4-5-9-31-27)35(16-23(29(22)38)30(39)40)19-7-8-26(32-13-19)34-14-21(15-34)33(2)3/h4-10,12-13,16,20-21H,11,14-15,17H2,1-3H3,(H,39,40). The third-order valence-electron chi connectivity index (χ3n) is 7.84. The van der Waals surface area contributed by atoms with Gasteiger partial charge in [-0.3, -0.25) is 9.59 Å². The number of carboxylic acids is 1. The molecule has 2 aliphatic rings. The summed E-state index contributed by atoms with van der Waals surface area (Å²) < 4.78 is 7.47. The summed E-state index contributed by atoms with van der Waals surface area (Å²) in [5.41, 5.74) is 1.48. The van der Waals surface area contributed by atoms with Gasteiger partial charge in [-0.2, -0.15) is 0 Å². The summed E-state index contributed by atoms with van der Waals surface area (Å²) in [6.45, 7) is 3.82. The molecule has 0 bridgehead atoms. The van der Waals surface area contributed by atoms with E-state index in [0.717, 1.165) is 18.9 Å². The van der Waals surface area contributed by atoms with E-state index in [1.54, 1.807) is 53.0 Å². The maximum Gasteiger partial charge on any atom is 0.341 e. The summed E-state index contributed by atoms with van der Waals surface area (Å²) in [6, 6.07) is 12.8. The molecule has 1 aromatic carbocycles. The fourth-order valence-electron chi connectivity index (χ4n) is 5.33. The molecule has 1 N–H and O–H groups in total. The normalized spacial score (nSPS) is 17.1. The van der Waals surface area contributed by atoms with Crippen LogP contribution in [0.15, 0.2) is 65.8 Å². The van der Waals surface area contributed by atoms with E-state index in [4.69, 9.17) is 4.74 Å². The first kappa shape index (κ1) is 26.5. The Labute approximate surface area is 236 Å². The summed E-state index contributed by atoms with van der Waals surface area (Å²) in [4.78, 5) is 52.8. The topological polar surface area (TPSA) is 121 Å². The van der Waals surface area contributed by atoms with Crippen molar-refractivity contribution in [1.29, 1.82) is 0 Å². The second-order valence-electron chi connectivity index (χ2n) is 10.7. The van der Waals surface area contributed by atoms with Gasteiger partial charge in [-0.1, -0.05) is 6.07 Å². The number of nitrogens with zero attached hydrogens (tertiary/aromatic N) is 6. The number of amides is 1. The van der Waals surface area contributed by atoms with Crippen molar-refractivity contribution in [2.75, 3.05) is 43.6 Å². The molecule has 1 amide bonds.